The first-order chi connectivity index (χ1) is 13.0. The van der Waals surface area contributed by atoms with Gasteiger partial charge in [-0.15, -0.1) is 0 Å². The fraction of sp³-hybridized carbons (Fsp3) is 0.545. The fourth-order valence-corrected chi connectivity index (χ4v) is 4.51. The number of carbonyl (C=O) groups excluding carboxylic acids is 1. The second-order valence-corrected chi connectivity index (χ2v) is 7.59. The molecule has 0 aliphatic heterocycles. The lowest BCUT2D eigenvalue weighted by Gasteiger charge is -2.52. The lowest BCUT2D eigenvalue weighted by Crippen LogP contribution is -2.56. The van der Waals surface area contributed by atoms with Gasteiger partial charge in [0.1, 0.15) is 5.75 Å². The standard InChI is InChI=1S/C20H24N2O3.C2H6/c1-25-18(24)19-6-9-20(10-7-19,11-8-19)21-13-15-3-2-14-12-16(23)4-5-17(14)22-15;1-2/h2-5,12,21,23H,6-11,13H2,1H3;1-2H3. The maximum absolute atomic E-state index is 12.1. The van der Waals surface area contributed by atoms with Gasteiger partial charge in [0.15, 0.2) is 0 Å². The lowest BCUT2D eigenvalue weighted by atomic mass is 9.57. The highest BCUT2D eigenvalue weighted by Crippen LogP contribution is 2.52. The number of phenols is 1. The number of carbonyl (C=O) groups is 1. The van der Waals surface area contributed by atoms with Crippen molar-refractivity contribution >= 4 is 16.9 Å². The number of methoxy groups -OCH3 is 1. The van der Waals surface area contributed by atoms with Gasteiger partial charge in [-0.05, 0) is 62.8 Å². The minimum Gasteiger partial charge on any atom is -0.508 e. The largest absolute Gasteiger partial charge is 0.508 e. The van der Waals surface area contributed by atoms with Crippen LogP contribution in [0.25, 0.3) is 10.9 Å². The summed E-state index contributed by atoms with van der Waals surface area (Å²) in [6, 6.07) is 9.25. The molecule has 5 nitrogen and oxygen atoms in total. The second-order valence-electron chi connectivity index (χ2n) is 7.59. The van der Waals surface area contributed by atoms with E-state index in [1.807, 2.05) is 32.0 Å². The van der Waals surface area contributed by atoms with Gasteiger partial charge in [0, 0.05) is 17.5 Å². The van der Waals surface area contributed by atoms with Crippen molar-refractivity contribution in [2.24, 2.45) is 5.41 Å². The van der Waals surface area contributed by atoms with E-state index >= 15 is 0 Å². The molecule has 2 aromatic rings. The number of hydrogen-bond donors (Lipinski definition) is 2. The number of aromatic hydroxyl groups is 1. The quantitative estimate of drug-likeness (QED) is 0.784. The zero-order valence-corrected chi connectivity index (χ0v) is 16.5. The van der Waals surface area contributed by atoms with Gasteiger partial charge >= 0.3 is 5.97 Å². The van der Waals surface area contributed by atoms with Crippen molar-refractivity contribution in [1.29, 1.82) is 0 Å². The molecule has 1 aromatic carbocycles. The van der Waals surface area contributed by atoms with Crippen LogP contribution >= 0.6 is 0 Å². The molecule has 2 bridgehead atoms. The fourth-order valence-electron chi connectivity index (χ4n) is 4.51. The Kier molecular flexibility index (Phi) is 5.70. The summed E-state index contributed by atoms with van der Waals surface area (Å²) < 4.78 is 5.03. The number of phenolic OH excluding ortho intramolecular Hbond substituents is 1. The van der Waals surface area contributed by atoms with E-state index in [9.17, 15) is 9.90 Å². The third kappa shape index (κ3) is 3.79. The van der Waals surface area contributed by atoms with Crippen LogP contribution in [0.3, 0.4) is 0 Å². The monoisotopic (exact) mass is 370 g/mol. The van der Waals surface area contributed by atoms with E-state index in [1.165, 1.54) is 7.11 Å². The predicted octanol–water partition coefficient (Wildman–Crippen LogP) is 4.32. The molecule has 27 heavy (non-hydrogen) atoms. The van der Waals surface area contributed by atoms with Gasteiger partial charge in [-0.1, -0.05) is 19.9 Å². The molecule has 1 heterocycles. The maximum Gasteiger partial charge on any atom is 0.311 e. The molecule has 3 aliphatic rings. The molecular weight excluding hydrogens is 340 g/mol. The van der Waals surface area contributed by atoms with Gasteiger partial charge in [-0.2, -0.15) is 0 Å². The highest BCUT2D eigenvalue weighted by atomic mass is 16.5. The Hall–Kier alpha value is -2.14. The molecule has 3 fully saturated rings. The van der Waals surface area contributed by atoms with Crippen LogP contribution in [-0.2, 0) is 16.1 Å². The molecule has 3 saturated carbocycles. The molecule has 2 N–H and O–H groups in total. The number of esters is 1. The zero-order valence-electron chi connectivity index (χ0n) is 16.5. The highest BCUT2D eigenvalue weighted by Gasteiger charge is 2.52. The van der Waals surface area contributed by atoms with Gasteiger partial charge in [0.2, 0.25) is 0 Å². The molecule has 0 unspecified atom stereocenters. The SMILES string of the molecule is CC.COC(=O)C12CCC(NCc3ccc4cc(O)ccc4n3)(CC1)CC2. The minimum atomic E-state index is -0.235. The highest BCUT2D eigenvalue weighted by molar-refractivity contribution is 5.80. The third-order valence-electron chi connectivity index (χ3n) is 6.24. The Morgan fingerprint density at radius 1 is 1.11 bits per heavy atom. The summed E-state index contributed by atoms with van der Waals surface area (Å²) in [4.78, 5) is 16.8. The third-order valence-corrected chi connectivity index (χ3v) is 6.24. The lowest BCUT2D eigenvalue weighted by molar-refractivity contribution is -0.160. The van der Waals surface area contributed by atoms with Crippen LogP contribution in [0.15, 0.2) is 30.3 Å². The number of ether oxygens (including phenoxy) is 1. The number of pyridine rings is 1. The van der Waals surface area contributed by atoms with E-state index < -0.39 is 0 Å². The molecule has 0 amide bonds. The number of nitrogens with one attached hydrogen (secondary N) is 1. The Labute approximate surface area is 161 Å². The van der Waals surface area contributed by atoms with Crippen LogP contribution in [0.5, 0.6) is 5.75 Å². The van der Waals surface area contributed by atoms with Crippen LogP contribution in [0, 0.1) is 5.41 Å². The van der Waals surface area contributed by atoms with Gasteiger partial charge in [0.05, 0.1) is 23.7 Å². The summed E-state index contributed by atoms with van der Waals surface area (Å²) in [7, 11) is 1.50. The molecule has 0 saturated heterocycles. The van der Waals surface area contributed by atoms with Crippen molar-refractivity contribution in [2.75, 3.05) is 7.11 Å². The van der Waals surface area contributed by atoms with Crippen molar-refractivity contribution in [3.63, 3.8) is 0 Å². The van der Waals surface area contributed by atoms with E-state index in [2.05, 4.69) is 10.3 Å². The first kappa shape index (κ1) is 19.6. The van der Waals surface area contributed by atoms with Crippen molar-refractivity contribution in [3.05, 3.63) is 36.0 Å². The zero-order chi connectivity index (χ0) is 19.5. The summed E-state index contributed by atoms with van der Waals surface area (Å²) in [6.07, 6.45) is 5.79. The van der Waals surface area contributed by atoms with Gasteiger partial charge < -0.3 is 15.2 Å². The van der Waals surface area contributed by atoms with E-state index in [1.54, 1.807) is 12.1 Å². The number of nitrogens with zero attached hydrogens (tertiary/aromatic N) is 1. The molecule has 0 radical (unpaired) electrons. The Bertz CT molecular complexity index is 794. The summed E-state index contributed by atoms with van der Waals surface area (Å²) in [5, 5.41) is 14.2. The van der Waals surface area contributed by atoms with Crippen molar-refractivity contribution in [2.45, 2.75) is 64.5 Å². The van der Waals surface area contributed by atoms with Crippen LogP contribution < -0.4 is 5.32 Å². The summed E-state index contributed by atoms with van der Waals surface area (Å²) in [5.74, 6) is 0.234. The molecule has 3 aliphatic carbocycles. The summed E-state index contributed by atoms with van der Waals surface area (Å²) in [5.41, 5.74) is 1.79. The van der Waals surface area contributed by atoms with Crippen LogP contribution in [0.2, 0.25) is 0 Å². The summed E-state index contributed by atoms with van der Waals surface area (Å²) in [6.45, 7) is 4.72. The van der Waals surface area contributed by atoms with Crippen LogP contribution in [0.4, 0.5) is 0 Å². The number of hydrogen-bond acceptors (Lipinski definition) is 5. The maximum atomic E-state index is 12.1. The average Bonchev–Trinajstić information content (AvgIpc) is 2.74. The number of benzene rings is 1. The van der Waals surface area contributed by atoms with Crippen molar-refractivity contribution < 1.29 is 14.6 Å². The van der Waals surface area contributed by atoms with Gasteiger partial charge in [0.25, 0.3) is 0 Å². The molecule has 146 valence electrons. The molecule has 0 atom stereocenters. The number of fused-ring (bicyclic) bond motifs is 4. The molecule has 1 aromatic heterocycles. The average molecular weight is 370 g/mol. The van der Waals surface area contributed by atoms with Gasteiger partial charge in [-0.25, -0.2) is 0 Å². The normalized spacial score (nSPS) is 26.3. The molecule has 0 spiro atoms. The molecule has 5 rings (SSSR count). The Balaban J connectivity index is 0.00000102. The van der Waals surface area contributed by atoms with Crippen molar-refractivity contribution in [3.8, 4) is 5.75 Å². The first-order valence-corrected chi connectivity index (χ1v) is 9.96. The van der Waals surface area contributed by atoms with E-state index in [0.29, 0.717) is 0 Å². The molecular formula is C22H30N2O3. The molecule has 5 heteroatoms. The second kappa shape index (κ2) is 7.85. The van der Waals surface area contributed by atoms with E-state index in [4.69, 9.17) is 4.74 Å². The summed E-state index contributed by atoms with van der Waals surface area (Å²) >= 11 is 0. The first-order valence-electron chi connectivity index (χ1n) is 9.96. The van der Waals surface area contributed by atoms with Crippen molar-refractivity contribution in [1.82, 2.24) is 10.3 Å². The van der Waals surface area contributed by atoms with Gasteiger partial charge in [-0.3, -0.25) is 9.78 Å². The predicted molar refractivity (Wildman–Crippen MR) is 106 cm³/mol. The smallest absolute Gasteiger partial charge is 0.311 e. The Morgan fingerprint density at radius 3 is 2.41 bits per heavy atom. The number of aromatic nitrogens is 1. The topological polar surface area (TPSA) is 71.5 Å². The van der Waals surface area contributed by atoms with E-state index in [0.717, 1.165) is 61.7 Å². The number of rotatable bonds is 4. The van der Waals surface area contributed by atoms with E-state index in [-0.39, 0.29) is 22.7 Å². The Morgan fingerprint density at radius 2 is 1.78 bits per heavy atom. The minimum absolute atomic E-state index is 0.0275. The van der Waals surface area contributed by atoms with Crippen LogP contribution in [0.1, 0.15) is 58.1 Å². The van der Waals surface area contributed by atoms with Crippen LogP contribution in [-0.4, -0.2) is 28.7 Å².